The summed E-state index contributed by atoms with van der Waals surface area (Å²) in [5, 5.41) is 1.88. The van der Waals surface area contributed by atoms with Crippen LogP contribution in [0.15, 0.2) is 39.2 Å². The molecular weight excluding hydrogens is 266 g/mol. The number of thiol groups is 1. The Labute approximate surface area is 115 Å². The molecule has 0 spiro atoms. The minimum absolute atomic E-state index is 0.0826. The Bertz CT molecular complexity index is 543. The summed E-state index contributed by atoms with van der Waals surface area (Å²) in [7, 11) is 0. The number of thiophene rings is 1. The lowest BCUT2D eigenvalue weighted by atomic mass is 10.3. The lowest BCUT2D eigenvalue weighted by Crippen LogP contribution is -2.31. The Kier molecular flexibility index (Phi) is 3.18. The second kappa shape index (κ2) is 4.82. The summed E-state index contributed by atoms with van der Waals surface area (Å²) in [6.07, 6.45) is 3.82. The van der Waals surface area contributed by atoms with Crippen LogP contribution >= 0.6 is 24.0 Å². The largest absolute Gasteiger partial charge is 0.467 e. The fourth-order valence-corrected chi connectivity index (χ4v) is 3.01. The zero-order valence-corrected chi connectivity index (χ0v) is 11.4. The van der Waals surface area contributed by atoms with Gasteiger partial charge in [0.1, 0.15) is 5.76 Å². The third-order valence-corrected chi connectivity index (χ3v) is 4.30. The Morgan fingerprint density at radius 1 is 1.56 bits per heavy atom. The monoisotopic (exact) mass is 279 g/mol. The summed E-state index contributed by atoms with van der Waals surface area (Å²) in [6, 6.07) is 5.95. The average molecular weight is 279 g/mol. The van der Waals surface area contributed by atoms with Gasteiger partial charge in [-0.1, -0.05) is 0 Å². The molecule has 0 saturated heterocycles. The molecule has 1 saturated carbocycles. The molecule has 0 bridgehead atoms. The van der Waals surface area contributed by atoms with Gasteiger partial charge < -0.3 is 9.32 Å². The third kappa shape index (κ3) is 2.47. The van der Waals surface area contributed by atoms with E-state index in [1.807, 2.05) is 28.5 Å². The van der Waals surface area contributed by atoms with E-state index in [0.717, 1.165) is 28.4 Å². The Balaban J connectivity index is 1.79. The van der Waals surface area contributed by atoms with Crippen molar-refractivity contribution >= 4 is 29.9 Å². The predicted octanol–water partition coefficient (Wildman–Crippen LogP) is 3.43. The van der Waals surface area contributed by atoms with Gasteiger partial charge in [-0.15, -0.1) is 24.0 Å². The Hall–Kier alpha value is -1.20. The van der Waals surface area contributed by atoms with Crippen molar-refractivity contribution in [2.24, 2.45) is 0 Å². The van der Waals surface area contributed by atoms with Crippen LogP contribution in [0.1, 0.15) is 28.3 Å². The molecule has 3 rings (SSSR count). The van der Waals surface area contributed by atoms with E-state index >= 15 is 0 Å². The van der Waals surface area contributed by atoms with E-state index in [-0.39, 0.29) is 5.91 Å². The quantitative estimate of drug-likeness (QED) is 0.870. The molecule has 1 fully saturated rings. The number of amides is 1. The van der Waals surface area contributed by atoms with Gasteiger partial charge in [-0.3, -0.25) is 4.79 Å². The molecule has 3 nitrogen and oxygen atoms in total. The van der Waals surface area contributed by atoms with Gasteiger partial charge >= 0.3 is 0 Å². The Morgan fingerprint density at radius 3 is 2.94 bits per heavy atom. The zero-order valence-electron chi connectivity index (χ0n) is 9.70. The van der Waals surface area contributed by atoms with Gasteiger partial charge in [0.05, 0.1) is 17.7 Å². The molecule has 2 heterocycles. The van der Waals surface area contributed by atoms with E-state index in [9.17, 15) is 4.79 Å². The van der Waals surface area contributed by atoms with Crippen LogP contribution in [0.5, 0.6) is 0 Å². The van der Waals surface area contributed by atoms with Crippen molar-refractivity contribution in [3.8, 4) is 0 Å². The first-order chi connectivity index (χ1) is 8.74. The maximum atomic E-state index is 12.4. The first-order valence-corrected chi connectivity index (χ1v) is 7.17. The van der Waals surface area contributed by atoms with Crippen LogP contribution in [0.2, 0.25) is 0 Å². The molecule has 1 aliphatic carbocycles. The number of furan rings is 1. The molecular formula is C13H13NO2S2. The Morgan fingerprint density at radius 2 is 2.39 bits per heavy atom. The maximum Gasteiger partial charge on any atom is 0.264 e. The summed E-state index contributed by atoms with van der Waals surface area (Å²) >= 11 is 5.69. The second-order valence-electron chi connectivity index (χ2n) is 4.41. The summed E-state index contributed by atoms with van der Waals surface area (Å²) in [6.45, 7) is 0.552. The first-order valence-electron chi connectivity index (χ1n) is 5.85. The van der Waals surface area contributed by atoms with Crippen LogP contribution in [-0.2, 0) is 6.54 Å². The number of rotatable bonds is 4. The van der Waals surface area contributed by atoms with Gasteiger partial charge in [-0.25, -0.2) is 0 Å². The lowest BCUT2D eigenvalue weighted by molar-refractivity contribution is 0.0722. The second-order valence-corrected chi connectivity index (χ2v) is 5.84. The van der Waals surface area contributed by atoms with Gasteiger partial charge in [0.15, 0.2) is 0 Å². The highest BCUT2D eigenvalue weighted by Gasteiger charge is 2.34. The highest BCUT2D eigenvalue weighted by molar-refractivity contribution is 7.80. The van der Waals surface area contributed by atoms with Crippen LogP contribution in [0.25, 0.3) is 0 Å². The summed E-state index contributed by atoms with van der Waals surface area (Å²) in [5.41, 5.74) is 0. The molecule has 94 valence electrons. The van der Waals surface area contributed by atoms with E-state index in [0.29, 0.717) is 12.6 Å². The van der Waals surface area contributed by atoms with E-state index in [1.165, 1.54) is 11.3 Å². The summed E-state index contributed by atoms with van der Waals surface area (Å²) < 4.78 is 5.33. The van der Waals surface area contributed by atoms with E-state index in [2.05, 4.69) is 12.6 Å². The topological polar surface area (TPSA) is 33.5 Å². The SMILES string of the molecule is O=C(c1cc(S)cs1)N(Cc1ccco1)C1CC1. The van der Waals surface area contributed by atoms with Crippen LogP contribution < -0.4 is 0 Å². The van der Waals surface area contributed by atoms with Gasteiger partial charge in [0.2, 0.25) is 0 Å². The van der Waals surface area contributed by atoms with E-state index in [1.54, 1.807) is 6.26 Å². The lowest BCUT2D eigenvalue weighted by Gasteiger charge is -2.20. The fraction of sp³-hybridized carbons (Fsp3) is 0.308. The van der Waals surface area contributed by atoms with Crippen molar-refractivity contribution in [2.75, 3.05) is 0 Å². The molecule has 0 N–H and O–H groups in total. The summed E-state index contributed by atoms with van der Waals surface area (Å²) in [4.78, 5) is 15.9. The van der Waals surface area contributed by atoms with Gasteiger partial charge in [0, 0.05) is 16.3 Å². The molecule has 5 heteroatoms. The highest BCUT2D eigenvalue weighted by atomic mass is 32.1. The molecule has 1 aliphatic rings. The highest BCUT2D eigenvalue weighted by Crippen LogP contribution is 2.31. The molecule has 0 radical (unpaired) electrons. The molecule has 0 atom stereocenters. The van der Waals surface area contributed by atoms with Crippen LogP contribution in [0.4, 0.5) is 0 Å². The van der Waals surface area contributed by atoms with E-state index in [4.69, 9.17) is 4.42 Å². The maximum absolute atomic E-state index is 12.4. The third-order valence-electron chi connectivity index (χ3n) is 2.95. The van der Waals surface area contributed by atoms with Crippen molar-refractivity contribution in [3.63, 3.8) is 0 Å². The van der Waals surface area contributed by atoms with Crippen molar-refractivity contribution in [2.45, 2.75) is 30.3 Å². The van der Waals surface area contributed by atoms with Crippen molar-refractivity contribution in [3.05, 3.63) is 40.5 Å². The minimum Gasteiger partial charge on any atom is -0.467 e. The fourth-order valence-electron chi connectivity index (χ4n) is 1.90. The van der Waals surface area contributed by atoms with Crippen molar-refractivity contribution in [1.82, 2.24) is 4.90 Å². The molecule has 0 aromatic carbocycles. The first kappa shape index (κ1) is 11.9. The number of carbonyl (C=O) groups excluding carboxylic acids is 1. The molecule has 2 aromatic heterocycles. The van der Waals surface area contributed by atoms with Gasteiger partial charge in [0.25, 0.3) is 5.91 Å². The molecule has 0 unspecified atom stereocenters. The molecule has 18 heavy (non-hydrogen) atoms. The number of carbonyl (C=O) groups is 1. The number of hydrogen-bond acceptors (Lipinski definition) is 4. The molecule has 1 amide bonds. The predicted molar refractivity (Wildman–Crippen MR) is 73.2 cm³/mol. The van der Waals surface area contributed by atoms with Crippen LogP contribution in [0.3, 0.4) is 0 Å². The van der Waals surface area contributed by atoms with Crippen molar-refractivity contribution in [1.29, 1.82) is 0 Å². The number of hydrogen-bond donors (Lipinski definition) is 1. The normalized spacial score (nSPS) is 14.7. The number of nitrogens with zero attached hydrogens (tertiary/aromatic N) is 1. The smallest absolute Gasteiger partial charge is 0.264 e. The van der Waals surface area contributed by atoms with Gasteiger partial charge in [-0.2, -0.15) is 0 Å². The minimum atomic E-state index is 0.0826. The molecule has 0 aliphatic heterocycles. The zero-order chi connectivity index (χ0) is 12.5. The standard InChI is InChI=1S/C13H13NO2S2/c15-13(12-6-11(17)8-18-12)14(9-3-4-9)7-10-2-1-5-16-10/h1-2,5-6,8-9,17H,3-4,7H2. The molecule has 2 aromatic rings. The van der Waals surface area contributed by atoms with Gasteiger partial charge in [-0.05, 0) is 31.0 Å². The van der Waals surface area contributed by atoms with Crippen LogP contribution in [-0.4, -0.2) is 16.8 Å². The van der Waals surface area contributed by atoms with E-state index < -0.39 is 0 Å². The van der Waals surface area contributed by atoms with Crippen molar-refractivity contribution < 1.29 is 9.21 Å². The average Bonchev–Trinajstić information content (AvgIpc) is 2.88. The van der Waals surface area contributed by atoms with Crippen LogP contribution in [0, 0.1) is 0 Å². The summed E-state index contributed by atoms with van der Waals surface area (Å²) in [5.74, 6) is 0.914.